The molecule has 0 bridgehead atoms. The first-order valence-electron chi connectivity index (χ1n) is 10.0. The second-order valence-corrected chi connectivity index (χ2v) is 9.90. The number of fused-ring (bicyclic) bond motifs is 1. The zero-order valence-corrected chi connectivity index (χ0v) is 18.7. The number of aryl methyl sites for hydroxylation is 2. The van der Waals surface area contributed by atoms with Gasteiger partial charge in [0.2, 0.25) is 0 Å². The van der Waals surface area contributed by atoms with E-state index in [1.165, 1.54) is 6.07 Å². The van der Waals surface area contributed by atoms with E-state index in [-0.39, 0.29) is 11.5 Å². The molecule has 1 aromatic heterocycles. The molecule has 0 spiro atoms. The Morgan fingerprint density at radius 2 is 1.90 bits per heavy atom. The number of carbonyl (C=O) groups excluding carboxylic acids is 1. The quantitative estimate of drug-likeness (QED) is 0.663. The van der Waals surface area contributed by atoms with Gasteiger partial charge in [-0.3, -0.25) is 9.08 Å². The topological polar surface area (TPSA) is 85.8 Å². The zero-order chi connectivity index (χ0) is 21.9. The highest BCUT2D eigenvalue weighted by Crippen LogP contribution is 2.27. The van der Waals surface area contributed by atoms with Gasteiger partial charge in [-0.15, -0.1) is 0 Å². The minimum Gasteiger partial charge on any atom is -0.443 e. The third-order valence-corrected chi connectivity index (χ3v) is 6.14. The van der Waals surface area contributed by atoms with E-state index in [9.17, 15) is 13.2 Å². The summed E-state index contributed by atoms with van der Waals surface area (Å²) in [5, 5.41) is 0. The normalized spacial score (nSPS) is 14.3. The molecule has 0 aliphatic carbocycles. The van der Waals surface area contributed by atoms with Gasteiger partial charge in [-0.1, -0.05) is 24.3 Å². The first-order chi connectivity index (χ1) is 14.1. The summed E-state index contributed by atoms with van der Waals surface area (Å²) in [6.07, 6.45) is 1.55. The van der Waals surface area contributed by atoms with Crippen LogP contribution in [0.5, 0.6) is 0 Å². The summed E-state index contributed by atoms with van der Waals surface area (Å²) in [5.74, 6) is 0.578. The van der Waals surface area contributed by atoms with Crippen LogP contribution < -0.4 is 4.90 Å². The van der Waals surface area contributed by atoms with E-state index >= 15 is 0 Å². The molecule has 0 saturated carbocycles. The lowest BCUT2D eigenvalue weighted by Crippen LogP contribution is -2.40. The molecule has 2 aromatic rings. The predicted octanol–water partition coefficient (Wildman–Crippen LogP) is 4.03. The Morgan fingerprint density at radius 3 is 2.60 bits per heavy atom. The third kappa shape index (κ3) is 5.37. The molecule has 3 rings (SSSR count). The van der Waals surface area contributed by atoms with E-state index in [1.807, 2.05) is 32.9 Å². The lowest BCUT2D eigenvalue weighted by molar-refractivity contribution is 0.0576. The number of nitrogens with zero attached hydrogens (tertiary/aromatic N) is 2. The minimum atomic E-state index is -3.84. The Balaban J connectivity index is 1.71. The number of pyridine rings is 1. The predicted molar refractivity (Wildman–Crippen MR) is 114 cm³/mol. The summed E-state index contributed by atoms with van der Waals surface area (Å²) in [6.45, 7) is 7.71. The second-order valence-electron chi connectivity index (χ2n) is 8.31. The maximum absolute atomic E-state index is 12.6. The number of carbonyl (C=O) groups is 1. The number of anilines is 1. The maximum Gasteiger partial charge on any atom is 0.416 e. The number of amides is 1. The van der Waals surface area contributed by atoms with Gasteiger partial charge in [0, 0.05) is 18.7 Å². The Morgan fingerprint density at radius 1 is 1.17 bits per heavy atom. The number of aromatic nitrogens is 1. The Kier molecular flexibility index (Phi) is 6.47. The van der Waals surface area contributed by atoms with Crippen molar-refractivity contribution in [3.63, 3.8) is 0 Å². The van der Waals surface area contributed by atoms with Crippen LogP contribution in [-0.2, 0) is 31.9 Å². The molecule has 0 N–H and O–H groups in total. The first-order valence-corrected chi connectivity index (χ1v) is 11.4. The molecule has 162 valence electrons. The molecule has 30 heavy (non-hydrogen) atoms. The number of ether oxygens (including phenoxy) is 1. The molecule has 1 aliphatic heterocycles. The number of hydrogen-bond donors (Lipinski definition) is 0. The highest BCUT2D eigenvalue weighted by atomic mass is 32.2. The monoisotopic (exact) mass is 432 g/mol. The molecule has 2 heterocycles. The van der Waals surface area contributed by atoms with Gasteiger partial charge in [-0.05, 0) is 63.8 Å². The summed E-state index contributed by atoms with van der Waals surface area (Å²) in [5.41, 5.74) is 1.68. The van der Waals surface area contributed by atoms with Crippen molar-refractivity contribution in [2.75, 3.05) is 18.1 Å². The lowest BCUT2D eigenvalue weighted by atomic mass is 10.1. The van der Waals surface area contributed by atoms with E-state index < -0.39 is 21.8 Å². The molecule has 0 fully saturated rings. The number of benzene rings is 1. The van der Waals surface area contributed by atoms with E-state index in [4.69, 9.17) is 8.92 Å². The van der Waals surface area contributed by atoms with Crippen molar-refractivity contribution in [3.8, 4) is 0 Å². The van der Waals surface area contributed by atoms with Crippen molar-refractivity contribution in [2.45, 2.75) is 57.5 Å². The molecule has 0 unspecified atom stereocenters. The Bertz CT molecular complexity index is 1030. The molecule has 1 aliphatic rings. The molecular weight excluding hydrogens is 404 g/mol. The summed E-state index contributed by atoms with van der Waals surface area (Å²) in [7, 11) is -3.84. The average molecular weight is 433 g/mol. The van der Waals surface area contributed by atoms with Crippen LogP contribution in [0, 0.1) is 6.92 Å². The smallest absolute Gasteiger partial charge is 0.416 e. The third-order valence-electron chi connectivity index (χ3n) is 4.67. The van der Waals surface area contributed by atoms with Crippen LogP contribution in [0.2, 0.25) is 0 Å². The van der Waals surface area contributed by atoms with E-state index in [1.54, 1.807) is 30.0 Å². The van der Waals surface area contributed by atoms with Gasteiger partial charge in [0.25, 0.3) is 10.1 Å². The van der Waals surface area contributed by atoms with Gasteiger partial charge in [0.1, 0.15) is 11.4 Å². The molecular formula is C22H28N2O5S. The molecule has 1 amide bonds. The molecule has 0 atom stereocenters. The van der Waals surface area contributed by atoms with Crippen LogP contribution in [0.3, 0.4) is 0 Å². The highest BCUT2D eigenvalue weighted by Gasteiger charge is 2.28. The van der Waals surface area contributed by atoms with Crippen molar-refractivity contribution in [3.05, 3.63) is 53.2 Å². The average Bonchev–Trinajstić information content (AvgIpc) is 2.66. The fourth-order valence-corrected chi connectivity index (χ4v) is 4.41. The Labute approximate surface area is 178 Å². The largest absolute Gasteiger partial charge is 0.443 e. The van der Waals surface area contributed by atoms with Crippen molar-refractivity contribution in [1.29, 1.82) is 0 Å². The molecule has 7 nitrogen and oxygen atoms in total. The van der Waals surface area contributed by atoms with Crippen LogP contribution in [-0.4, -0.2) is 38.2 Å². The SMILES string of the molecule is Cc1ccccc1S(=O)(=O)OCCc1ccc2c(n1)N(C(=O)OC(C)(C)C)CCC2. The summed E-state index contributed by atoms with van der Waals surface area (Å²) in [4.78, 5) is 18.9. The summed E-state index contributed by atoms with van der Waals surface area (Å²) < 4.78 is 35.6. The van der Waals surface area contributed by atoms with Crippen molar-refractivity contribution < 1.29 is 22.1 Å². The van der Waals surface area contributed by atoms with Gasteiger partial charge in [0.05, 0.1) is 11.5 Å². The maximum atomic E-state index is 12.6. The molecule has 1 aromatic carbocycles. The molecule has 0 saturated heterocycles. The van der Waals surface area contributed by atoms with Gasteiger partial charge >= 0.3 is 6.09 Å². The van der Waals surface area contributed by atoms with Crippen LogP contribution >= 0.6 is 0 Å². The highest BCUT2D eigenvalue weighted by molar-refractivity contribution is 7.86. The van der Waals surface area contributed by atoms with E-state index in [0.29, 0.717) is 30.0 Å². The summed E-state index contributed by atoms with van der Waals surface area (Å²) in [6, 6.07) is 10.5. The van der Waals surface area contributed by atoms with Crippen molar-refractivity contribution in [1.82, 2.24) is 4.98 Å². The Hall–Kier alpha value is -2.45. The zero-order valence-electron chi connectivity index (χ0n) is 17.8. The van der Waals surface area contributed by atoms with Crippen LogP contribution in [0.1, 0.15) is 44.0 Å². The number of rotatable bonds is 5. The van der Waals surface area contributed by atoms with E-state index in [2.05, 4.69) is 4.98 Å². The molecule has 8 heteroatoms. The fourth-order valence-electron chi connectivity index (χ4n) is 3.27. The van der Waals surface area contributed by atoms with Crippen molar-refractivity contribution in [2.24, 2.45) is 0 Å². The van der Waals surface area contributed by atoms with Crippen LogP contribution in [0.25, 0.3) is 0 Å². The van der Waals surface area contributed by atoms with Crippen molar-refractivity contribution >= 4 is 22.0 Å². The van der Waals surface area contributed by atoms with Crippen LogP contribution in [0.15, 0.2) is 41.3 Å². The number of hydrogen-bond acceptors (Lipinski definition) is 6. The first kappa shape index (κ1) is 22.2. The fraction of sp³-hybridized carbons (Fsp3) is 0.455. The van der Waals surface area contributed by atoms with Gasteiger partial charge in [-0.2, -0.15) is 8.42 Å². The van der Waals surface area contributed by atoms with Gasteiger partial charge < -0.3 is 4.74 Å². The second kappa shape index (κ2) is 8.73. The lowest BCUT2D eigenvalue weighted by Gasteiger charge is -2.31. The summed E-state index contributed by atoms with van der Waals surface area (Å²) >= 11 is 0. The van der Waals surface area contributed by atoms with E-state index in [0.717, 1.165) is 18.4 Å². The van der Waals surface area contributed by atoms with Gasteiger partial charge in [0.15, 0.2) is 0 Å². The van der Waals surface area contributed by atoms with Crippen LogP contribution in [0.4, 0.5) is 10.6 Å². The molecule has 0 radical (unpaired) electrons. The van der Waals surface area contributed by atoms with Gasteiger partial charge in [-0.25, -0.2) is 9.78 Å². The standard InChI is InChI=1S/C22H28N2O5S/c1-16-8-5-6-10-19(16)30(26,27)28-15-13-18-12-11-17-9-7-14-24(20(17)23-18)21(25)29-22(2,3)4/h5-6,8,10-12H,7,9,13-15H2,1-4H3. The minimum absolute atomic E-state index is 0.0328.